The third-order valence-electron chi connectivity index (χ3n) is 4.27. The smallest absolute Gasteiger partial charge is 0.0799 e. The second-order valence-electron chi connectivity index (χ2n) is 6.77. The predicted molar refractivity (Wildman–Crippen MR) is 79.6 cm³/mol. The molecule has 0 saturated heterocycles. The van der Waals surface area contributed by atoms with Gasteiger partial charge in [-0.25, -0.2) is 0 Å². The van der Waals surface area contributed by atoms with Gasteiger partial charge in [0.25, 0.3) is 0 Å². The molecule has 0 amide bonds. The van der Waals surface area contributed by atoms with Crippen LogP contribution >= 0.6 is 0 Å². The van der Waals surface area contributed by atoms with Crippen LogP contribution in [-0.2, 0) is 0 Å². The Morgan fingerprint density at radius 3 is 2.72 bits per heavy atom. The number of hydrogen-bond acceptors (Lipinski definition) is 1. The van der Waals surface area contributed by atoms with Crippen LogP contribution < -0.4 is 0 Å². The van der Waals surface area contributed by atoms with Crippen LogP contribution in [0.15, 0.2) is 23.8 Å². The van der Waals surface area contributed by atoms with Gasteiger partial charge < -0.3 is 5.11 Å². The van der Waals surface area contributed by atoms with Crippen LogP contribution in [0.2, 0.25) is 0 Å². The molecule has 0 saturated carbocycles. The van der Waals surface area contributed by atoms with E-state index in [1.807, 2.05) is 13.0 Å². The van der Waals surface area contributed by atoms with Gasteiger partial charge in [0.2, 0.25) is 0 Å². The van der Waals surface area contributed by atoms with Gasteiger partial charge >= 0.3 is 0 Å². The third kappa shape index (κ3) is 4.28. The average Bonchev–Trinajstić information content (AvgIpc) is 2.25. The number of hydrogen-bond donors (Lipinski definition) is 1. The van der Waals surface area contributed by atoms with Gasteiger partial charge in [0.15, 0.2) is 0 Å². The summed E-state index contributed by atoms with van der Waals surface area (Å²) in [7, 11) is 0. The maximum atomic E-state index is 10.3. The van der Waals surface area contributed by atoms with Gasteiger partial charge in [0.1, 0.15) is 0 Å². The number of aliphatic hydroxyl groups is 1. The summed E-state index contributed by atoms with van der Waals surface area (Å²) in [6.07, 6.45) is 12.1. The summed E-state index contributed by atoms with van der Waals surface area (Å²) in [5.74, 6) is 0.472. The van der Waals surface area contributed by atoms with E-state index in [1.54, 1.807) is 0 Å². The molecule has 0 radical (unpaired) electrons. The minimum atomic E-state index is -0.649. The summed E-state index contributed by atoms with van der Waals surface area (Å²) >= 11 is 0. The fraction of sp³-hybridized carbons (Fsp3) is 0.765. The lowest BCUT2D eigenvalue weighted by Gasteiger charge is -2.37. The van der Waals surface area contributed by atoms with E-state index in [0.29, 0.717) is 11.3 Å². The first-order valence-electron chi connectivity index (χ1n) is 7.37. The van der Waals surface area contributed by atoms with E-state index in [1.165, 1.54) is 18.4 Å². The van der Waals surface area contributed by atoms with Crippen molar-refractivity contribution in [2.75, 3.05) is 0 Å². The lowest BCUT2D eigenvalue weighted by Crippen LogP contribution is -2.28. The first-order chi connectivity index (χ1) is 8.28. The molecule has 1 N–H and O–H groups in total. The fourth-order valence-electron chi connectivity index (χ4n) is 2.90. The quantitative estimate of drug-likeness (QED) is 0.690. The van der Waals surface area contributed by atoms with Gasteiger partial charge in [-0.2, -0.15) is 0 Å². The molecule has 1 aliphatic carbocycles. The van der Waals surface area contributed by atoms with Gasteiger partial charge in [0, 0.05) is 5.92 Å². The molecular weight excluding hydrogens is 220 g/mol. The standard InChI is InChI=1S/C17H30O/c1-6-7-12-17(5,18)13-10-15-14(2)9-8-11-16(15,3)4/h9-10,13,15,18H,6-8,11-12H2,1-5H3/b13-10+. The average molecular weight is 250 g/mol. The first-order valence-corrected chi connectivity index (χ1v) is 7.37. The van der Waals surface area contributed by atoms with Crippen LogP contribution in [0.4, 0.5) is 0 Å². The molecular formula is C17H30O. The van der Waals surface area contributed by atoms with Gasteiger partial charge in [-0.3, -0.25) is 0 Å². The molecule has 1 aliphatic rings. The summed E-state index contributed by atoms with van der Waals surface area (Å²) in [6.45, 7) is 11.0. The van der Waals surface area contributed by atoms with Crippen molar-refractivity contribution >= 4 is 0 Å². The Kier molecular flexibility index (Phi) is 5.21. The summed E-state index contributed by atoms with van der Waals surface area (Å²) in [5.41, 5.74) is 1.12. The Morgan fingerprint density at radius 2 is 2.17 bits per heavy atom. The molecule has 2 atom stereocenters. The molecule has 0 aromatic rings. The van der Waals surface area contributed by atoms with Crippen LogP contribution in [0.5, 0.6) is 0 Å². The minimum absolute atomic E-state index is 0.316. The van der Waals surface area contributed by atoms with E-state index in [4.69, 9.17) is 0 Å². The molecule has 18 heavy (non-hydrogen) atoms. The molecule has 0 bridgehead atoms. The second kappa shape index (κ2) is 6.06. The Bertz CT molecular complexity index is 321. The van der Waals surface area contributed by atoms with Crippen LogP contribution in [-0.4, -0.2) is 10.7 Å². The van der Waals surface area contributed by atoms with Crippen LogP contribution in [0.3, 0.4) is 0 Å². The molecule has 1 nitrogen and oxygen atoms in total. The lowest BCUT2D eigenvalue weighted by atomic mass is 9.68. The van der Waals surface area contributed by atoms with Crippen LogP contribution in [0.25, 0.3) is 0 Å². The Balaban J connectivity index is 2.75. The maximum Gasteiger partial charge on any atom is 0.0799 e. The highest BCUT2D eigenvalue weighted by molar-refractivity contribution is 5.20. The van der Waals surface area contributed by atoms with Crippen molar-refractivity contribution in [3.05, 3.63) is 23.8 Å². The summed E-state index contributed by atoms with van der Waals surface area (Å²) in [5, 5.41) is 10.3. The topological polar surface area (TPSA) is 20.2 Å². The molecule has 0 fully saturated rings. The molecule has 0 spiro atoms. The second-order valence-corrected chi connectivity index (χ2v) is 6.77. The highest BCUT2D eigenvalue weighted by Gasteiger charge is 2.31. The zero-order valence-corrected chi connectivity index (χ0v) is 12.8. The van der Waals surface area contributed by atoms with Crippen molar-refractivity contribution in [3.63, 3.8) is 0 Å². The zero-order valence-electron chi connectivity index (χ0n) is 12.8. The summed E-state index contributed by atoms with van der Waals surface area (Å²) in [4.78, 5) is 0. The van der Waals surface area contributed by atoms with E-state index in [9.17, 15) is 5.11 Å². The Labute approximate surface area is 113 Å². The van der Waals surface area contributed by atoms with Gasteiger partial charge in [-0.1, -0.05) is 57.4 Å². The number of rotatable bonds is 5. The van der Waals surface area contributed by atoms with Crippen molar-refractivity contribution in [3.8, 4) is 0 Å². The molecule has 104 valence electrons. The van der Waals surface area contributed by atoms with Crippen LogP contribution in [0, 0.1) is 11.3 Å². The highest BCUT2D eigenvalue weighted by Crippen LogP contribution is 2.41. The third-order valence-corrected chi connectivity index (χ3v) is 4.27. The lowest BCUT2D eigenvalue weighted by molar-refractivity contribution is 0.0978. The van der Waals surface area contributed by atoms with Gasteiger partial charge in [-0.15, -0.1) is 0 Å². The summed E-state index contributed by atoms with van der Waals surface area (Å²) < 4.78 is 0. The molecule has 0 aromatic carbocycles. The van der Waals surface area contributed by atoms with Crippen molar-refractivity contribution < 1.29 is 5.11 Å². The van der Waals surface area contributed by atoms with E-state index in [-0.39, 0.29) is 0 Å². The molecule has 0 aliphatic heterocycles. The van der Waals surface area contributed by atoms with E-state index < -0.39 is 5.60 Å². The molecule has 2 unspecified atom stereocenters. The predicted octanol–water partition coefficient (Wildman–Crippen LogP) is 4.87. The Hall–Kier alpha value is -0.560. The molecule has 0 heterocycles. The molecule has 1 rings (SSSR count). The minimum Gasteiger partial charge on any atom is -0.386 e. The summed E-state index contributed by atoms with van der Waals surface area (Å²) in [6, 6.07) is 0. The monoisotopic (exact) mass is 250 g/mol. The zero-order chi connectivity index (χ0) is 13.8. The Morgan fingerprint density at radius 1 is 1.50 bits per heavy atom. The highest BCUT2D eigenvalue weighted by atomic mass is 16.3. The SMILES string of the molecule is CCCCC(C)(O)/C=C/C1C(C)=CCCC1(C)C. The van der Waals surface area contributed by atoms with E-state index in [2.05, 4.69) is 39.8 Å². The largest absolute Gasteiger partial charge is 0.386 e. The van der Waals surface area contributed by atoms with Crippen molar-refractivity contribution in [2.24, 2.45) is 11.3 Å². The maximum absolute atomic E-state index is 10.3. The number of unbranched alkanes of at least 4 members (excludes halogenated alkanes) is 1. The van der Waals surface area contributed by atoms with Gasteiger partial charge in [0.05, 0.1) is 5.60 Å². The van der Waals surface area contributed by atoms with E-state index >= 15 is 0 Å². The van der Waals surface area contributed by atoms with Gasteiger partial charge in [-0.05, 0) is 38.5 Å². The van der Waals surface area contributed by atoms with Crippen molar-refractivity contribution in [1.29, 1.82) is 0 Å². The molecule has 1 heteroatoms. The number of allylic oxidation sites excluding steroid dienone is 3. The van der Waals surface area contributed by atoms with Crippen molar-refractivity contribution in [1.82, 2.24) is 0 Å². The normalized spacial score (nSPS) is 27.0. The fourth-order valence-corrected chi connectivity index (χ4v) is 2.90. The van der Waals surface area contributed by atoms with E-state index in [0.717, 1.165) is 19.3 Å². The first kappa shape index (κ1) is 15.5. The van der Waals surface area contributed by atoms with Crippen LogP contribution in [0.1, 0.15) is 66.7 Å². The van der Waals surface area contributed by atoms with Crippen molar-refractivity contribution in [2.45, 2.75) is 72.3 Å². The molecule has 0 aromatic heterocycles.